The third-order valence-electron chi connectivity index (χ3n) is 2.52. The van der Waals surface area contributed by atoms with Crippen molar-refractivity contribution < 1.29 is 14.6 Å². The molecule has 1 aromatic heterocycles. The van der Waals surface area contributed by atoms with Gasteiger partial charge in [-0.1, -0.05) is 0 Å². The second-order valence-electron chi connectivity index (χ2n) is 3.80. The van der Waals surface area contributed by atoms with E-state index in [4.69, 9.17) is 4.74 Å². The largest absolute Gasteiger partial charge is 0.505 e. The summed E-state index contributed by atoms with van der Waals surface area (Å²) in [6, 6.07) is 3.05. The van der Waals surface area contributed by atoms with Crippen LogP contribution in [0, 0.1) is 0 Å². The van der Waals surface area contributed by atoms with Crippen LogP contribution in [0.1, 0.15) is 17.4 Å². The molecule has 0 aromatic carbocycles. The highest BCUT2D eigenvalue weighted by Gasteiger charge is 2.24. The first-order valence-corrected chi connectivity index (χ1v) is 5.23. The van der Waals surface area contributed by atoms with Crippen molar-refractivity contribution in [2.24, 2.45) is 0 Å². The van der Waals surface area contributed by atoms with Gasteiger partial charge < -0.3 is 14.7 Å². The average molecular weight is 222 g/mol. The van der Waals surface area contributed by atoms with Gasteiger partial charge in [0, 0.05) is 19.3 Å². The number of aromatic hydroxyl groups is 1. The van der Waals surface area contributed by atoms with E-state index in [2.05, 4.69) is 4.98 Å². The first-order chi connectivity index (χ1) is 7.68. The lowest BCUT2D eigenvalue weighted by molar-refractivity contribution is -0.0127. The minimum Gasteiger partial charge on any atom is -0.505 e. The molecule has 2 rings (SSSR count). The van der Waals surface area contributed by atoms with Gasteiger partial charge in [0.1, 0.15) is 5.75 Å². The van der Waals surface area contributed by atoms with Crippen molar-refractivity contribution in [3.63, 3.8) is 0 Å². The summed E-state index contributed by atoms with van der Waals surface area (Å²) in [5, 5.41) is 9.54. The van der Waals surface area contributed by atoms with Crippen LogP contribution < -0.4 is 0 Å². The number of pyridine rings is 1. The van der Waals surface area contributed by atoms with E-state index in [1.54, 1.807) is 11.0 Å². The normalized spacial score (nSPS) is 20.8. The molecular weight excluding hydrogens is 208 g/mol. The number of morpholine rings is 1. The van der Waals surface area contributed by atoms with Crippen molar-refractivity contribution >= 4 is 5.91 Å². The summed E-state index contributed by atoms with van der Waals surface area (Å²) in [7, 11) is 0. The fraction of sp³-hybridized carbons (Fsp3) is 0.455. The summed E-state index contributed by atoms with van der Waals surface area (Å²) in [6.45, 7) is 3.52. The van der Waals surface area contributed by atoms with Crippen LogP contribution in [-0.2, 0) is 4.74 Å². The molecule has 5 heteroatoms. The molecule has 2 heterocycles. The number of carbonyl (C=O) groups excluding carboxylic acids is 1. The molecule has 0 spiro atoms. The molecule has 1 aliphatic heterocycles. The highest BCUT2D eigenvalue weighted by atomic mass is 16.5. The summed E-state index contributed by atoms with van der Waals surface area (Å²) < 4.78 is 5.35. The predicted octanol–water partition coefficient (Wildman–Crippen LogP) is 0.648. The lowest BCUT2D eigenvalue weighted by Crippen LogP contribution is -2.44. The molecule has 16 heavy (non-hydrogen) atoms. The van der Waals surface area contributed by atoms with E-state index in [1.807, 2.05) is 6.92 Å². The zero-order valence-electron chi connectivity index (χ0n) is 9.09. The minimum absolute atomic E-state index is 0.0311. The number of amides is 1. The van der Waals surface area contributed by atoms with Gasteiger partial charge in [-0.3, -0.25) is 4.79 Å². The fourth-order valence-corrected chi connectivity index (χ4v) is 1.71. The Kier molecular flexibility index (Phi) is 3.05. The van der Waals surface area contributed by atoms with E-state index in [-0.39, 0.29) is 23.5 Å². The van der Waals surface area contributed by atoms with E-state index in [0.717, 1.165) is 0 Å². The molecule has 5 nitrogen and oxygen atoms in total. The molecule has 0 radical (unpaired) electrons. The Bertz CT molecular complexity index is 395. The van der Waals surface area contributed by atoms with Gasteiger partial charge in [0.2, 0.25) is 0 Å². The molecule has 1 saturated heterocycles. The molecule has 1 amide bonds. The molecule has 0 aliphatic carbocycles. The summed E-state index contributed by atoms with van der Waals surface area (Å²) in [5.41, 5.74) is 0.108. The van der Waals surface area contributed by atoms with Crippen molar-refractivity contribution in [2.45, 2.75) is 13.0 Å². The lowest BCUT2D eigenvalue weighted by atomic mass is 10.2. The first-order valence-electron chi connectivity index (χ1n) is 5.23. The van der Waals surface area contributed by atoms with E-state index < -0.39 is 0 Å². The van der Waals surface area contributed by atoms with Crippen LogP contribution in [0.15, 0.2) is 18.3 Å². The average Bonchev–Trinajstić information content (AvgIpc) is 2.29. The van der Waals surface area contributed by atoms with Gasteiger partial charge in [0.15, 0.2) is 5.69 Å². The number of hydrogen-bond acceptors (Lipinski definition) is 4. The summed E-state index contributed by atoms with van der Waals surface area (Å²) in [5.74, 6) is -0.320. The molecule has 1 fully saturated rings. The summed E-state index contributed by atoms with van der Waals surface area (Å²) >= 11 is 0. The molecule has 0 bridgehead atoms. The van der Waals surface area contributed by atoms with E-state index >= 15 is 0 Å². The van der Waals surface area contributed by atoms with Crippen LogP contribution in [0.4, 0.5) is 0 Å². The molecule has 86 valence electrons. The SMILES string of the molecule is CC1CN(C(=O)c2ncccc2O)CCO1. The number of hydrogen-bond donors (Lipinski definition) is 1. The highest BCUT2D eigenvalue weighted by Crippen LogP contribution is 2.16. The third-order valence-corrected chi connectivity index (χ3v) is 2.52. The van der Waals surface area contributed by atoms with E-state index in [1.165, 1.54) is 12.3 Å². The van der Waals surface area contributed by atoms with Crippen molar-refractivity contribution in [3.8, 4) is 5.75 Å². The van der Waals surface area contributed by atoms with Gasteiger partial charge >= 0.3 is 0 Å². The molecular formula is C11H14N2O3. The monoisotopic (exact) mass is 222 g/mol. The molecule has 1 aromatic rings. The number of ether oxygens (including phenoxy) is 1. The summed E-state index contributed by atoms with van der Waals surface area (Å²) in [6.07, 6.45) is 1.53. The predicted molar refractivity (Wildman–Crippen MR) is 57.2 cm³/mol. The van der Waals surface area contributed by atoms with E-state index in [9.17, 15) is 9.90 Å². The van der Waals surface area contributed by atoms with Crippen LogP contribution in [0.3, 0.4) is 0 Å². The third kappa shape index (κ3) is 2.14. The molecule has 1 aliphatic rings. The Morgan fingerprint density at radius 2 is 2.50 bits per heavy atom. The minimum atomic E-state index is -0.242. The Balaban J connectivity index is 2.16. The molecule has 0 saturated carbocycles. The number of carbonyl (C=O) groups is 1. The van der Waals surface area contributed by atoms with Gasteiger partial charge in [0.05, 0.1) is 12.7 Å². The van der Waals surface area contributed by atoms with Gasteiger partial charge in [0.25, 0.3) is 5.91 Å². The van der Waals surface area contributed by atoms with Gasteiger partial charge in [-0.25, -0.2) is 4.98 Å². The Hall–Kier alpha value is -1.62. The van der Waals surface area contributed by atoms with E-state index in [0.29, 0.717) is 19.7 Å². The first kappa shape index (κ1) is 10.9. The number of aromatic nitrogens is 1. The van der Waals surface area contributed by atoms with Crippen LogP contribution in [0.2, 0.25) is 0 Å². The maximum absolute atomic E-state index is 12.0. The Morgan fingerprint density at radius 1 is 1.69 bits per heavy atom. The molecule has 1 unspecified atom stereocenters. The van der Waals surface area contributed by atoms with Crippen LogP contribution in [0.5, 0.6) is 5.75 Å². The maximum Gasteiger partial charge on any atom is 0.276 e. The van der Waals surface area contributed by atoms with Gasteiger partial charge in [-0.05, 0) is 19.1 Å². The van der Waals surface area contributed by atoms with Crippen LogP contribution >= 0.6 is 0 Å². The fourth-order valence-electron chi connectivity index (χ4n) is 1.71. The lowest BCUT2D eigenvalue weighted by Gasteiger charge is -2.30. The van der Waals surface area contributed by atoms with Crippen molar-refractivity contribution in [2.75, 3.05) is 19.7 Å². The van der Waals surface area contributed by atoms with Crippen LogP contribution in [0.25, 0.3) is 0 Å². The van der Waals surface area contributed by atoms with Gasteiger partial charge in [-0.15, -0.1) is 0 Å². The smallest absolute Gasteiger partial charge is 0.276 e. The number of nitrogens with zero attached hydrogens (tertiary/aromatic N) is 2. The molecule has 1 atom stereocenters. The number of rotatable bonds is 1. The van der Waals surface area contributed by atoms with Crippen molar-refractivity contribution in [1.29, 1.82) is 0 Å². The zero-order chi connectivity index (χ0) is 11.5. The Morgan fingerprint density at radius 3 is 3.19 bits per heavy atom. The van der Waals surface area contributed by atoms with Crippen molar-refractivity contribution in [3.05, 3.63) is 24.0 Å². The standard InChI is InChI=1S/C11H14N2O3/c1-8-7-13(5-6-16-8)11(15)10-9(14)3-2-4-12-10/h2-4,8,14H,5-7H2,1H3. The second kappa shape index (κ2) is 4.49. The quantitative estimate of drug-likeness (QED) is 0.757. The topological polar surface area (TPSA) is 62.7 Å². The van der Waals surface area contributed by atoms with Crippen molar-refractivity contribution in [1.82, 2.24) is 9.88 Å². The zero-order valence-corrected chi connectivity index (χ0v) is 9.09. The highest BCUT2D eigenvalue weighted by molar-refractivity contribution is 5.94. The second-order valence-corrected chi connectivity index (χ2v) is 3.80. The Labute approximate surface area is 93.7 Å². The van der Waals surface area contributed by atoms with Crippen LogP contribution in [-0.4, -0.2) is 46.7 Å². The summed E-state index contributed by atoms with van der Waals surface area (Å²) in [4.78, 5) is 17.6. The molecule has 1 N–H and O–H groups in total. The van der Waals surface area contributed by atoms with Gasteiger partial charge in [-0.2, -0.15) is 0 Å². The maximum atomic E-state index is 12.0.